The van der Waals surface area contributed by atoms with Crippen molar-refractivity contribution in [3.05, 3.63) is 0 Å². The van der Waals surface area contributed by atoms with Crippen LogP contribution in [0.5, 0.6) is 0 Å². The summed E-state index contributed by atoms with van der Waals surface area (Å²) in [5.41, 5.74) is 0. The number of halogens is 2. The van der Waals surface area contributed by atoms with Crippen molar-refractivity contribution in [1.82, 2.24) is 10.2 Å². The fourth-order valence-corrected chi connectivity index (χ4v) is 2.42. The van der Waals surface area contributed by atoms with Gasteiger partial charge in [0, 0.05) is 18.6 Å². The lowest BCUT2D eigenvalue weighted by Gasteiger charge is -2.27. The van der Waals surface area contributed by atoms with E-state index in [9.17, 15) is 0 Å². The molecule has 0 amide bonds. The molecule has 1 N–H and O–H groups in total. The summed E-state index contributed by atoms with van der Waals surface area (Å²) < 4.78 is 0. The molecule has 0 bridgehead atoms. The third-order valence-corrected chi connectivity index (χ3v) is 3.11. The van der Waals surface area contributed by atoms with Crippen LogP contribution in [0.25, 0.3) is 0 Å². The Kier molecular flexibility index (Phi) is 6.31. The number of rotatable bonds is 1. The molecule has 2 fully saturated rings. The normalized spacial score (nSPS) is 33.9. The maximum absolute atomic E-state index is 3.43. The van der Waals surface area contributed by atoms with Crippen molar-refractivity contribution in [3.8, 4) is 0 Å². The first kappa shape index (κ1) is 13.5. The Morgan fingerprint density at radius 1 is 1.23 bits per heavy atom. The maximum Gasteiger partial charge on any atom is 0.0235 e. The van der Waals surface area contributed by atoms with Gasteiger partial charge in [-0.25, -0.2) is 0 Å². The minimum absolute atomic E-state index is 0. The maximum atomic E-state index is 3.43. The third kappa shape index (κ3) is 2.98. The smallest absolute Gasteiger partial charge is 0.0235 e. The Bertz CT molecular complexity index is 138. The zero-order chi connectivity index (χ0) is 7.68. The number of likely N-dealkylation sites (tertiary alicyclic amines) is 1. The van der Waals surface area contributed by atoms with Gasteiger partial charge in [-0.05, 0) is 39.3 Å². The van der Waals surface area contributed by atoms with E-state index in [-0.39, 0.29) is 24.8 Å². The van der Waals surface area contributed by atoms with E-state index in [0.29, 0.717) is 0 Å². The highest BCUT2D eigenvalue weighted by atomic mass is 35.5. The van der Waals surface area contributed by atoms with Gasteiger partial charge in [0.2, 0.25) is 0 Å². The van der Waals surface area contributed by atoms with E-state index in [1.807, 2.05) is 0 Å². The van der Waals surface area contributed by atoms with Gasteiger partial charge in [0.05, 0.1) is 0 Å². The molecule has 0 aromatic heterocycles. The number of hydrogen-bond acceptors (Lipinski definition) is 2. The molecule has 0 aromatic rings. The first-order chi connectivity index (χ1) is 5.38. The first-order valence-electron chi connectivity index (χ1n) is 4.84. The lowest BCUT2D eigenvalue weighted by atomic mass is 10.2. The van der Waals surface area contributed by atoms with Gasteiger partial charge >= 0.3 is 0 Å². The topological polar surface area (TPSA) is 15.3 Å². The van der Waals surface area contributed by atoms with Gasteiger partial charge < -0.3 is 5.32 Å². The Hall–Kier alpha value is 0.500. The second kappa shape index (κ2) is 6.07. The standard InChI is InChI=1S/C9H18N2.2ClH/c1-8-3-2-6-11(8)9-4-5-10-7-9;;/h8-10H,2-7H2,1H3;2*1H/t8-,9-;;/m1../s1. The molecule has 0 aliphatic carbocycles. The Labute approximate surface area is 93.3 Å². The lowest BCUT2D eigenvalue weighted by Crippen LogP contribution is -2.38. The van der Waals surface area contributed by atoms with E-state index in [1.54, 1.807) is 0 Å². The summed E-state index contributed by atoms with van der Waals surface area (Å²) in [7, 11) is 0. The molecule has 0 spiro atoms. The number of nitrogens with zero attached hydrogens (tertiary/aromatic N) is 1. The lowest BCUT2D eigenvalue weighted by molar-refractivity contribution is 0.202. The van der Waals surface area contributed by atoms with Crippen molar-refractivity contribution in [3.63, 3.8) is 0 Å². The van der Waals surface area contributed by atoms with Crippen LogP contribution in [0, 0.1) is 0 Å². The largest absolute Gasteiger partial charge is 0.315 e. The van der Waals surface area contributed by atoms with Gasteiger partial charge in [0.15, 0.2) is 0 Å². The molecule has 2 aliphatic rings. The summed E-state index contributed by atoms with van der Waals surface area (Å²) in [6.45, 7) is 6.16. The molecule has 4 heteroatoms. The van der Waals surface area contributed by atoms with E-state index in [4.69, 9.17) is 0 Å². The van der Waals surface area contributed by atoms with Crippen LogP contribution in [0.2, 0.25) is 0 Å². The van der Waals surface area contributed by atoms with Gasteiger partial charge in [-0.2, -0.15) is 0 Å². The van der Waals surface area contributed by atoms with Crippen molar-refractivity contribution in [2.45, 2.75) is 38.3 Å². The van der Waals surface area contributed by atoms with Crippen LogP contribution in [0.1, 0.15) is 26.2 Å². The average Bonchev–Trinajstić information content (AvgIpc) is 2.55. The van der Waals surface area contributed by atoms with Crippen LogP contribution >= 0.6 is 24.8 Å². The summed E-state index contributed by atoms with van der Waals surface area (Å²) >= 11 is 0. The highest BCUT2D eigenvalue weighted by molar-refractivity contribution is 5.85. The molecule has 0 aromatic carbocycles. The minimum atomic E-state index is 0. The van der Waals surface area contributed by atoms with Crippen LogP contribution < -0.4 is 5.32 Å². The van der Waals surface area contributed by atoms with E-state index in [0.717, 1.165) is 12.1 Å². The number of nitrogens with one attached hydrogen (secondary N) is 1. The molecule has 2 rings (SSSR count). The van der Waals surface area contributed by atoms with E-state index in [2.05, 4.69) is 17.1 Å². The third-order valence-electron chi connectivity index (χ3n) is 3.11. The fourth-order valence-electron chi connectivity index (χ4n) is 2.42. The van der Waals surface area contributed by atoms with Gasteiger partial charge in [-0.1, -0.05) is 0 Å². The Morgan fingerprint density at radius 3 is 2.46 bits per heavy atom. The van der Waals surface area contributed by atoms with Crippen LogP contribution in [0.3, 0.4) is 0 Å². The van der Waals surface area contributed by atoms with Crippen LogP contribution in [-0.4, -0.2) is 36.6 Å². The van der Waals surface area contributed by atoms with Gasteiger partial charge in [-0.3, -0.25) is 4.90 Å². The molecule has 13 heavy (non-hydrogen) atoms. The number of hydrogen-bond donors (Lipinski definition) is 1. The molecule has 2 saturated heterocycles. The minimum Gasteiger partial charge on any atom is -0.315 e. The van der Waals surface area contributed by atoms with Crippen LogP contribution in [-0.2, 0) is 0 Å². The van der Waals surface area contributed by atoms with E-state index < -0.39 is 0 Å². The van der Waals surface area contributed by atoms with Gasteiger partial charge in [0.1, 0.15) is 0 Å². The highest BCUT2D eigenvalue weighted by Gasteiger charge is 2.29. The zero-order valence-electron chi connectivity index (χ0n) is 8.16. The molecule has 2 nitrogen and oxygen atoms in total. The molecule has 2 atom stereocenters. The Morgan fingerprint density at radius 2 is 2.00 bits per heavy atom. The van der Waals surface area contributed by atoms with Crippen LogP contribution in [0.4, 0.5) is 0 Å². The fraction of sp³-hybridized carbons (Fsp3) is 1.00. The van der Waals surface area contributed by atoms with Crippen LogP contribution in [0.15, 0.2) is 0 Å². The summed E-state index contributed by atoms with van der Waals surface area (Å²) in [5, 5.41) is 3.43. The van der Waals surface area contributed by atoms with Crippen molar-refractivity contribution >= 4 is 24.8 Å². The zero-order valence-corrected chi connectivity index (χ0v) is 9.79. The summed E-state index contributed by atoms with van der Waals surface area (Å²) in [5.74, 6) is 0. The molecule has 0 radical (unpaired) electrons. The Balaban J connectivity index is 0.000000720. The molecular weight excluding hydrogens is 207 g/mol. The summed E-state index contributed by atoms with van der Waals surface area (Å²) in [6.07, 6.45) is 4.19. The van der Waals surface area contributed by atoms with Crippen molar-refractivity contribution < 1.29 is 0 Å². The quantitative estimate of drug-likeness (QED) is 0.733. The first-order valence-corrected chi connectivity index (χ1v) is 4.84. The second-order valence-electron chi connectivity index (χ2n) is 3.88. The van der Waals surface area contributed by atoms with E-state index >= 15 is 0 Å². The average molecular weight is 227 g/mol. The second-order valence-corrected chi connectivity index (χ2v) is 3.88. The summed E-state index contributed by atoms with van der Waals surface area (Å²) in [6, 6.07) is 1.70. The van der Waals surface area contributed by atoms with Crippen molar-refractivity contribution in [2.24, 2.45) is 0 Å². The van der Waals surface area contributed by atoms with Crippen molar-refractivity contribution in [2.75, 3.05) is 19.6 Å². The van der Waals surface area contributed by atoms with Crippen molar-refractivity contribution in [1.29, 1.82) is 0 Å². The molecule has 80 valence electrons. The van der Waals surface area contributed by atoms with Gasteiger partial charge in [0.25, 0.3) is 0 Å². The predicted molar refractivity (Wildman–Crippen MR) is 61.2 cm³/mol. The predicted octanol–water partition coefficient (Wildman–Crippen LogP) is 1.68. The summed E-state index contributed by atoms with van der Waals surface area (Å²) in [4.78, 5) is 2.68. The highest BCUT2D eigenvalue weighted by Crippen LogP contribution is 2.21. The molecule has 0 unspecified atom stereocenters. The monoisotopic (exact) mass is 226 g/mol. The van der Waals surface area contributed by atoms with Gasteiger partial charge in [-0.15, -0.1) is 24.8 Å². The van der Waals surface area contributed by atoms with E-state index in [1.165, 1.54) is 38.9 Å². The molecular formula is C9H20Cl2N2. The SMILES string of the molecule is C[C@@H]1CCCN1[C@@H]1CCNC1.Cl.Cl. The molecule has 2 aliphatic heterocycles. The molecule has 0 saturated carbocycles. The molecule has 2 heterocycles.